The second-order valence-corrected chi connectivity index (χ2v) is 17.4. The van der Waals surface area contributed by atoms with Gasteiger partial charge in [0.25, 0.3) is 0 Å². The smallest absolute Gasteiger partial charge is 0.184 e. The van der Waals surface area contributed by atoms with Crippen molar-refractivity contribution in [2.45, 2.75) is 91.9 Å². The van der Waals surface area contributed by atoms with E-state index >= 15 is 0 Å². The minimum Gasteiger partial charge on any atom is -0.184 e. The van der Waals surface area contributed by atoms with E-state index in [0.717, 1.165) is 9.52 Å². The normalized spacial score (nSPS) is 11.4. The molecule has 0 atom stereocenters. The summed E-state index contributed by atoms with van der Waals surface area (Å²) in [6.45, 7) is 13.6. The average Bonchev–Trinajstić information content (AvgIpc) is 3.99. The third kappa shape index (κ3) is 9.90. The van der Waals surface area contributed by atoms with Crippen LogP contribution in [0.25, 0.3) is 54.9 Å². The molecule has 3 radical (unpaired) electrons. The molecule has 0 aromatic heterocycles. The maximum atomic E-state index is 3.31. The molecule has 58 heavy (non-hydrogen) atoms. The summed E-state index contributed by atoms with van der Waals surface area (Å²) in [7, 11) is 0.795. The van der Waals surface area contributed by atoms with Crippen LogP contribution in [-0.4, -0.2) is 9.52 Å². The third-order valence-corrected chi connectivity index (χ3v) is 12.8. The summed E-state index contributed by atoms with van der Waals surface area (Å²) in [5.74, 6) is 1.16. The van der Waals surface area contributed by atoms with Crippen molar-refractivity contribution >= 4 is 41.4 Å². The minimum atomic E-state index is 0. The number of fused-ring (bicyclic) bond motifs is 5. The first-order valence-corrected chi connectivity index (χ1v) is 22.3. The van der Waals surface area contributed by atoms with Gasteiger partial charge < -0.3 is 0 Å². The summed E-state index contributed by atoms with van der Waals surface area (Å²) in [5.41, 5.74) is 14.2. The number of benzene rings is 6. The Labute approximate surface area is 370 Å². The molecule has 0 bridgehead atoms. The van der Waals surface area contributed by atoms with Crippen LogP contribution in [0, 0.1) is 6.07 Å². The molecule has 1 aliphatic rings. The van der Waals surface area contributed by atoms with Gasteiger partial charge in [0.2, 0.25) is 0 Å². The van der Waals surface area contributed by atoms with Crippen molar-refractivity contribution < 1.29 is 26.2 Å². The van der Waals surface area contributed by atoms with Crippen molar-refractivity contribution in [3.8, 4) is 33.4 Å². The van der Waals surface area contributed by atoms with Gasteiger partial charge in [-0.3, -0.25) is 0 Å². The van der Waals surface area contributed by atoms with Crippen molar-refractivity contribution in [3.05, 3.63) is 180 Å². The second kappa shape index (κ2) is 20.6. The monoisotopic (exact) mass is 847 g/mol. The van der Waals surface area contributed by atoms with Crippen molar-refractivity contribution in [3.63, 3.8) is 0 Å². The maximum Gasteiger partial charge on any atom is 3.00 e. The maximum absolute atomic E-state index is 3.31. The molecular formula is C56H57SiZr. The van der Waals surface area contributed by atoms with Crippen molar-refractivity contribution in [2.75, 3.05) is 0 Å². The van der Waals surface area contributed by atoms with Gasteiger partial charge in [0.1, 0.15) is 0 Å². The Kier molecular flexibility index (Phi) is 15.3. The summed E-state index contributed by atoms with van der Waals surface area (Å²) >= 11 is 0. The number of rotatable bonds is 10. The predicted molar refractivity (Wildman–Crippen MR) is 251 cm³/mol. The number of aryl methyl sites for hydroxylation is 2. The van der Waals surface area contributed by atoms with Crippen LogP contribution in [0.3, 0.4) is 0 Å². The molecule has 0 aliphatic carbocycles. The van der Waals surface area contributed by atoms with Crippen LogP contribution in [0.15, 0.2) is 152 Å². The van der Waals surface area contributed by atoms with E-state index in [4.69, 9.17) is 0 Å². The summed E-state index contributed by atoms with van der Waals surface area (Å²) in [4.78, 5) is 0. The molecule has 0 amide bonds. The van der Waals surface area contributed by atoms with E-state index in [1.54, 1.807) is 0 Å². The van der Waals surface area contributed by atoms with Crippen LogP contribution in [0.2, 0.25) is 0 Å². The Morgan fingerprint density at radius 1 is 0.500 bits per heavy atom. The summed E-state index contributed by atoms with van der Waals surface area (Å²) in [5, 5.41) is 8.35. The average molecular weight is 849 g/mol. The zero-order chi connectivity index (χ0) is 39.7. The van der Waals surface area contributed by atoms with Gasteiger partial charge >= 0.3 is 26.2 Å². The van der Waals surface area contributed by atoms with Gasteiger partial charge in [-0.05, 0) is 59.8 Å². The summed E-state index contributed by atoms with van der Waals surface area (Å²) in [6.07, 6.45) is 7.33. The summed E-state index contributed by atoms with van der Waals surface area (Å²) < 4.78 is 0. The van der Waals surface area contributed by atoms with Gasteiger partial charge in [-0.25, -0.2) is 0 Å². The summed E-state index contributed by atoms with van der Waals surface area (Å²) in [6, 6.07) is 58.8. The molecule has 1 heterocycles. The van der Waals surface area contributed by atoms with Gasteiger partial charge in [-0.1, -0.05) is 161 Å². The van der Waals surface area contributed by atoms with Gasteiger partial charge in [-0.15, -0.1) is 74.6 Å². The Bertz CT molecular complexity index is 2370. The van der Waals surface area contributed by atoms with Crippen molar-refractivity contribution in [1.29, 1.82) is 0 Å². The van der Waals surface area contributed by atoms with E-state index < -0.39 is 0 Å². The third-order valence-electron chi connectivity index (χ3n) is 11.4. The molecule has 289 valence electrons. The van der Waals surface area contributed by atoms with Gasteiger partial charge in [0.05, 0.1) is 9.52 Å². The van der Waals surface area contributed by atoms with E-state index in [0.29, 0.717) is 11.8 Å². The van der Waals surface area contributed by atoms with Crippen LogP contribution < -0.4 is 10.4 Å². The first-order chi connectivity index (χ1) is 27.9. The molecule has 9 rings (SSSR count). The quantitative estimate of drug-likeness (QED) is 0.0950. The molecule has 0 nitrogen and oxygen atoms in total. The predicted octanol–water partition coefficient (Wildman–Crippen LogP) is 14.5. The Morgan fingerprint density at radius 2 is 0.948 bits per heavy atom. The van der Waals surface area contributed by atoms with Gasteiger partial charge in [0.15, 0.2) is 0 Å². The number of hydrogen-bond acceptors (Lipinski definition) is 0. The second-order valence-electron chi connectivity index (χ2n) is 16.2. The Hall–Kier alpha value is -4.36. The van der Waals surface area contributed by atoms with Crippen LogP contribution in [-0.2, 0) is 39.0 Å². The minimum absolute atomic E-state index is 0. The van der Waals surface area contributed by atoms with Crippen LogP contribution in [0.5, 0.6) is 0 Å². The van der Waals surface area contributed by atoms with Crippen LogP contribution in [0.4, 0.5) is 0 Å². The molecule has 8 aromatic rings. The fourth-order valence-electron chi connectivity index (χ4n) is 8.12. The Balaban J connectivity index is 0.000000150. The molecule has 2 heteroatoms. The molecule has 8 aromatic carbocycles. The van der Waals surface area contributed by atoms with E-state index in [-0.39, 0.29) is 26.2 Å². The largest absolute Gasteiger partial charge is 3.00 e. The van der Waals surface area contributed by atoms with Crippen LogP contribution in [0.1, 0.15) is 101 Å². The standard InChI is InChI=1S/2C22H25.C12H7Si.Zr/c2*1-4-5-9-17-10-6-7-12-20(17)21-13-8-11-18-14-19(16(2)3)15-22(18)21;1-3-7-11-9(5-1)10-6-2-4-8-12(10)13-11;/h2*6-8,10-16H,4-5,9H2,1-3H3;1-7H;/q3*-1;+3. The number of unbranched alkanes of at least 4 members (excludes halogenated alkanes) is 2. The first kappa shape index (κ1) is 43.2. The van der Waals surface area contributed by atoms with E-state index in [9.17, 15) is 0 Å². The molecule has 0 unspecified atom stereocenters. The van der Waals surface area contributed by atoms with E-state index in [2.05, 4.69) is 193 Å². The molecule has 0 N–H and O–H groups in total. The molecule has 0 saturated heterocycles. The van der Waals surface area contributed by atoms with Gasteiger partial charge in [0, 0.05) is 0 Å². The fourth-order valence-corrected chi connectivity index (χ4v) is 9.42. The molecule has 0 saturated carbocycles. The zero-order valence-electron chi connectivity index (χ0n) is 35.3. The fraction of sp³-hybridized carbons (Fsp3) is 0.250. The van der Waals surface area contributed by atoms with Crippen molar-refractivity contribution in [2.24, 2.45) is 0 Å². The molecule has 0 fully saturated rings. The van der Waals surface area contributed by atoms with Gasteiger partial charge in [-0.2, -0.15) is 41.6 Å². The number of hydrogen-bond donors (Lipinski definition) is 0. The van der Waals surface area contributed by atoms with E-state index in [1.165, 1.54) is 126 Å². The SMILES string of the molecule is CCCCc1ccccc1-c1cccc2[cH-]c(C(C)C)cc12.CCCCc1ccccc1-c1cccc2[cH-]c(C(C)C)cc12.[Zr+3].[c-]1cccc2c1[Si]c1ccccc1-2. The Morgan fingerprint density at radius 3 is 1.45 bits per heavy atom. The topological polar surface area (TPSA) is 0 Å². The zero-order valence-corrected chi connectivity index (χ0v) is 38.8. The first-order valence-electron chi connectivity index (χ1n) is 21.3. The molecule has 1 aliphatic heterocycles. The van der Waals surface area contributed by atoms with Crippen molar-refractivity contribution in [1.82, 2.24) is 0 Å². The van der Waals surface area contributed by atoms with Crippen LogP contribution >= 0.6 is 0 Å². The molecule has 0 spiro atoms. The molecular weight excluding hydrogens is 792 g/mol. The van der Waals surface area contributed by atoms with E-state index in [1.807, 2.05) is 6.07 Å².